The molecule has 3 fully saturated rings. The molecular formula is C21H34N2O2S. The molecule has 0 aromatic carbocycles. The number of aliphatic hydroxyl groups excluding tert-OH is 1. The molecule has 2 aliphatic carbocycles. The standard InChI is InChI=1S/C21H34N2O2S/c22-10-13-25-20-14-19(24)21(20)8-11-23(12-9-21)15-17-6-7-18(26-17)16-4-2-1-3-5-16/h6-7,16,19-20,24H,1-5,8-15,22H2. The van der Waals surface area contributed by atoms with Gasteiger partial charge in [0.05, 0.1) is 18.8 Å². The van der Waals surface area contributed by atoms with E-state index in [2.05, 4.69) is 17.0 Å². The van der Waals surface area contributed by atoms with Gasteiger partial charge in [-0.05, 0) is 56.8 Å². The van der Waals surface area contributed by atoms with E-state index in [1.165, 1.54) is 37.0 Å². The summed E-state index contributed by atoms with van der Waals surface area (Å²) in [4.78, 5) is 5.68. The summed E-state index contributed by atoms with van der Waals surface area (Å²) in [5, 5.41) is 10.4. The average molecular weight is 379 g/mol. The minimum atomic E-state index is -0.188. The van der Waals surface area contributed by atoms with Crippen molar-refractivity contribution in [2.45, 2.75) is 76.0 Å². The zero-order valence-corrected chi connectivity index (χ0v) is 16.7. The Balaban J connectivity index is 1.29. The van der Waals surface area contributed by atoms with Crippen LogP contribution in [0.5, 0.6) is 0 Å². The number of nitrogens with two attached hydrogens (primary N) is 1. The quantitative estimate of drug-likeness (QED) is 0.796. The van der Waals surface area contributed by atoms with Crippen molar-refractivity contribution in [2.24, 2.45) is 11.1 Å². The predicted molar refractivity (Wildman–Crippen MR) is 107 cm³/mol. The second kappa shape index (κ2) is 8.27. The van der Waals surface area contributed by atoms with E-state index in [1.54, 1.807) is 4.88 Å². The fourth-order valence-electron chi connectivity index (χ4n) is 5.26. The average Bonchev–Trinajstić information content (AvgIpc) is 3.15. The van der Waals surface area contributed by atoms with Crippen molar-refractivity contribution in [2.75, 3.05) is 26.2 Å². The number of aliphatic hydroxyl groups is 1. The van der Waals surface area contributed by atoms with Gasteiger partial charge in [-0.15, -0.1) is 11.3 Å². The van der Waals surface area contributed by atoms with Crippen molar-refractivity contribution in [3.63, 3.8) is 0 Å². The molecule has 5 heteroatoms. The molecule has 2 unspecified atom stereocenters. The van der Waals surface area contributed by atoms with Crippen LogP contribution in [0.3, 0.4) is 0 Å². The van der Waals surface area contributed by atoms with Crippen LogP contribution in [0.1, 0.15) is 67.0 Å². The van der Waals surface area contributed by atoms with Crippen molar-refractivity contribution in [3.05, 3.63) is 21.9 Å². The number of ether oxygens (including phenoxy) is 1. The molecule has 2 heterocycles. The largest absolute Gasteiger partial charge is 0.392 e. The molecule has 1 aromatic heterocycles. The van der Waals surface area contributed by atoms with E-state index in [-0.39, 0.29) is 17.6 Å². The highest BCUT2D eigenvalue weighted by Crippen LogP contribution is 2.51. The van der Waals surface area contributed by atoms with Gasteiger partial charge >= 0.3 is 0 Å². The lowest BCUT2D eigenvalue weighted by molar-refractivity contribution is -0.210. The molecule has 3 aliphatic rings. The smallest absolute Gasteiger partial charge is 0.0682 e. The van der Waals surface area contributed by atoms with E-state index >= 15 is 0 Å². The number of hydrogen-bond donors (Lipinski definition) is 2. The van der Waals surface area contributed by atoms with E-state index in [9.17, 15) is 5.11 Å². The van der Waals surface area contributed by atoms with Crippen LogP contribution in [-0.4, -0.2) is 48.5 Å². The van der Waals surface area contributed by atoms with Gasteiger partial charge < -0.3 is 15.6 Å². The first-order chi connectivity index (χ1) is 12.7. The summed E-state index contributed by atoms with van der Waals surface area (Å²) >= 11 is 2.04. The van der Waals surface area contributed by atoms with E-state index in [0.29, 0.717) is 13.2 Å². The molecule has 0 amide bonds. The molecule has 3 N–H and O–H groups in total. The maximum atomic E-state index is 10.4. The number of likely N-dealkylation sites (tertiary alicyclic amines) is 1. The van der Waals surface area contributed by atoms with Crippen molar-refractivity contribution in [1.82, 2.24) is 4.90 Å². The van der Waals surface area contributed by atoms with Crippen LogP contribution in [0.25, 0.3) is 0 Å². The normalized spacial score (nSPS) is 29.8. The second-order valence-corrected chi connectivity index (χ2v) is 9.75. The molecule has 26 heavy (non-hydrogen) atoms. The zero-order valence-electron chi connectivity index (χ0n) is 15.9. The fourth-order valence-corrected chi connectivity index (χ4v) is 6.48. The first-order valence-electron chi connectivity index (χ1n) is 10.5. The van der Waals surface area contributed by atoms with Gasteiger partial charge in [0.1, 0.15) is 0 Å². The van der Waals surface area contributed by atoms with E-state index in [0.717, 1.165) is 44.8 Å². The maximum absolute atomic E-state index is 10.4. The molecule has 0 radical (unpaired) electrons. The molecule has 146 valence electrons. The molecule has 1 saturated heterocycles. The Bertz CT molecular complexity index is 576. The number of rotatable bonds is 6. The van der Waals surface area contributed by atoms with Crippen LogP contribution in [0.15, 0.2) is 12.1 Å². The Morgan fingerprint density at radius 1 is 1.19 bits per heavy atom. The Morgan fingerprint density at radius 2 is 1.96 bits per heavy atom. The Labute approximate surface area is 161 Å². The number of nitrogens with zero attached hydrogens (tertiary/aromatic N) is 1. The SMILES string of the molecule is NCCOC1CC(O)C12CCN(Cc1ccc(C3CCCCC3)s1)CC2. The topological polar surface area (TPSA) is 58.7 Å². The first-order valence-corrected chi connectivity index (χ1v) is 11.3. The third-order valence-electron chi connectivity index (χ3n) is 7.04. The van der Waals surface area contributed by atoms with Gasteiger partial charge in [0.15, 0.2) is 0 Å². The van der Waals surface area contributed by atoms with Crippen molar-refractivity contribution >= 4 is 11.3 Å². The predicted octanol–water partition coefficient (Wildman–Crippen LogP) is 3.49. The molecule has 1 spiro atoms. The molecule has 0 bridgehead atoms. The van der Waals surface area contributed by atoms with E-state index < -0.39 is 0 Å². The summed E-state index contributed by atoms with van der Waals surface area (Å²) in [5.74, 6) is 0.817. The van der Waals surface area contributed by atoms with Crippen LogP contribution in [0.2, 0.25) is 0 Å². The lowest BCUT2D eigenvalue weighted by Crippen LogP contribution is -2.62. The molecule has 1 aromatic rings. The Hall–Kier alpha value is -0.460. The van der Waals surface area contributed by atoms with Gasteiger partial charge in [0.25, 0.3) is 0 Å². The van der Waals surface area contributed by atoms with Crippen molar-refractivity contribution in [1.29, 1.82) is 0 Å². The van der Waals surface area contributed by atoms with Crippen LogP contribution < -0.4 is 5.73 Å². The van der Waals surface area contributed by atoms with Gasteiger partial charge in [-0.3, -0.25) is 4.90 Å². The van der Waals surface area contributed by atoms with Gasteiger partial charge in [-0.2, -0.15) is 0 Å². The number of piperidine rings is 1. The molecule has 2 atom stereocenters. The molecule has 4 nitrogen and oxygen atoms in total. The minimum Gasteiger partial charge on any atom is -0.392 e. The Morgan fingerprint density at radius 3 is 2.65 bits per heavy atom. The fraction of sp³-hybridized carbons (Fsp3) is 0.810. The Kier molecular flexibility index (Phi) is 6.01. The summed E-state index contributed by atoms with van der Waals surface area (Å²) in [7, 11) is 0. The van der Waals surface area contributed by atoms with Gasteiger partial charge in [-0.1, -0.05) is 19.3 Å². The molecule has 2 saturated carbocycles. The van der Waals surface area contributed by atoms with Gasteiger partial charge in [0, 0.05) is 34.7 Å². The van der Waals surface area contributed by atoms with Crippen LogP contribution in [0, 0.1) is 5.41 Å². The zero-order chi connectivity index (χ0) is 18.0. The molecular weight excluding hydrogens is 344 g/mol. The summed E-state index contributed by atoms with van der Waals surface area (Å²) in [5.41, 5.74) is 5.57. The van der Waals surface area contributed by atoms with E-state index in [4.69, 9.17) is 10.5 Å². The lowest BCUT2D eigenvalue weighted by Gasteiger charge is -2.56. The number of hydrogen-bond acceptors (Lipinski definition) is 5. The van der Waals surface area contributed by atoms with Gasteiger partial charge in [0.2, 0.25) is 0 Å². The highest BCUT2D eigenvalue weighted by molar-refractivity contribution is 7.12. The summed E-state index contributed by atoms with van der Waals surface area (Å²) in [6.07, 6.45) is 9.90. The van der Waals surface area contributed by atoms with Crippen molar-refractivity contribution in [3.8, 4) is 0 Å². The first kappa shape index (κ1) is 18.9. The minimum absolute atomic E-state index is 0.00558. The van der Waals surface area contributed by atoms with Crippen LogP contribution >= 0.6 is 11.3 Å². The third-order valence-corrected chi connectivity index (χ3v) is 8.27. The summed E-state index contributed by atoms with van der Waals surface area (Å²) < 4.78 is 5.91. The van der Waals surface area contributed by atoms with Crippen molar-refractivity contribution < 1.29 is 9.84 Å². The summed E-state index contributed by atoms with van der Waals surface area (Å²) in [6, 6.07) is 4.73. The van der Waals surface area contributed by atoms with Crippen LogP contribution in [0.4, 0.5) is 0 Å². The lowest BCUT2D eigenvalue weighted by atomic mass is 9.58. The molecule has 1 aliphatic heterocycles. The number of thiophene rings is 1. The highest BCUT2D eigenvalue weighted by Gasteiger charge is 2.55. The maximum Gasteiger partial charge on any atom is 0.0682 e. The monoisotopic (exact) mass is 378 g/mol. The van der Waals surface area contributed by atoms with Crippen LogP contribution in [-0.2, 0) is 11.3 Å². The third kappa shape index (κ3) is 3.74. The highest BCUT2D eigenvalue weighted by atomic mass is 32.1. The molecule has 4 rings (SSSR count). The van der Waals surface area contributed by atoms with Gasteiger partial charge in [-0.25, -0.2) is 0 Å². The second-order valence-electron chi connectivity index (χ2n) is 8.55. The van der Waals surface area contributed by atoms with E-state index in [1.807, 2.05) is 11.3 Å². The summed E-state index contributed by atoms with van der Waals surface area (Å²) in [6.45, 7) is 4.38.